The Morgan fingerprint density at radius 3 is 3.00 bits per heavy atom. The van der Waals surface area contributed by atoms with Gasteiger partial charge in [-0.25, -0.2) is 9.80 Å². The van der Waals surface area contributed by atoms with Gasteiger partial charge in [0, 0.05) is 29.7 Å². The largest absolute Gasteiger partial charge is 0.361 e. The van der Waals surface area contributed by atoms with E-state index in [1.165, 1.54) is 7.05 Å². The van der Waals surface area contributed by atoms with Crippen LogP contribution in [0.3, 0.4) is 0 Å². The number of carbonyl (C=O) groups is 1. The minimum Gasteiger partial charge on any atom is -0.361 e. The lowest BCUT2D eigenvalue weighted by atomic mass is 10.2. The molecule has 0 aliphatic rings. The van der Waals surface area contributed by atoms with Crippen LogP contribution in [0, 0.1) is 0 Å². The first-order valence-corrected chi connectivity index (χ1v) is 4.82. The standard InChI is InChI=1S/C11H12N4O/c1-15(11(12)16)14-7-8-6-13-10-5-3-2-4-9(8)10/h2-7,13H,1H3,(H2,12,16)/b14-7-. The van der Waals surface area contributed by atoms with Crippen molar-refractivity contribution in [1.29, 1.82) is 0 Å². The molecule has 2 aromatic rings. The number of nitrogens with two attached hydrogens (primary N) is 1. The molecule has 5 nitrogen and oxygen atoms in total. The van der Waals surface area contributed by atoms with Gasteiger partial charge in [0.05, 0.1) is 6.21 Å². The minimum absolute atomic E-state index is 0.587. The maximum Gasteiger partial charge on any atom is 0.334 e. The molecular weight excluding hydrogens is 204 g/mol. The smallest absolute Gasteiger partial charge is 0.334 e. The summed E-state index contributed by atoms with van der Waals surface area (Å²) in [5.74, 6) is 0. The number of hydrogen-bond donors (Lipinski definition) is 2. The lowest BCUT2D eigenvalue weighted by Gasteiger charge is -2.04. The molecule has 2 rings (SSSR count). The van der Waals surface area contributed by atoms with Crippen LogP contribution in [0.2, 0.25) is 0 Å². The number of benzene rings is 1. The van der Waals surface area contributed by atoms with Crippen LogP contribution in [0.15, 0.2) is 35.6 Å². The van der Waals surface area contributed by atoms with Gasteiger partial charge in [-0.3, -0.25) is 0 Å². The molecule has 1 aromatic carbocycles. The molecule has 0 unspecified atom stereocenters. The van der Waals surface area contributed by atoms with E-state index >= 15 is 0 Å². The molecule has 0 fully saturated rings. The Balaban J connectivity index is 2.31. The number of nitrogens with one attached hydrogen (secondary N) is 1. The molecule has 1 aromatic heterocycles. The first-order chi connectivity index (χ1) is 7.68. The lowest BCUT2D eigenvalue weighted by molar-refractivity contribution is 0.220. The number of carbonyl (C=O) groups excluding carboxylic acids is 1. The van der Waals surface area contributed by atoms with Crippen LogP contribution >= 0.6 is 0 Å². The van der Waals surface area contributed by atoms with Gasteiger partial charge in [0.25, 0.3) is 0 Å². The van der Waals surface area contributed by atoms with E-state index in [1.54, 1.807) is 6.21 Å². The van der Waals surface area contributed by atoms with E-state index in [0.717, 1.165) is 21.5 Å². The summed E-state index contributed by atoms with van der Waals surface area (Å²) in [5, 5.41) is 6.07. The molecule has 0 aliphatic carbocycles. The molecule has 0 bridgehead atoms. The number of hydrogen-bond acceptors (Lipinski definition) is 2. The van der Waals surface area contributed by atoms with Crippen molar-refractivity contribution in [3.8, 4) is 0 Å². The van der Waals surface area contributed by atoms with Crippen molar-refractivity contribution in [1.82, 2.24) is 9.99 Å². The fourth-order valence-corrected chi connectivity index (χ4v) is 1.41. The third kappa shape index (κ3) is 1.88. The number of hydrazone groups is 1. The van der Waals surface area contributed by atoms with Gasteiger partial charge in [-0.05, 0) is 6.07 Å². The van der Waals surface area contributed by atoms with Gasteiger partial charge in [0.15, 0.2) is 0 Å². The molecule has 0 atom stereocenters. The second-order valence-corrected chi connectivity index (χ2v) is 3.40. The van der Waals surface area contributed by atoms with Gasteiger partial charge in [0.2, 0.25) is 0 Å². The van der Waals surface area contributed by atoms with Crippen molar-refractivity contribution in [2.24, 2.45) is 10.8 Å². The Labute approximate surface area is 92.5 Å². The Bertz CT molecular complexity index is 544. The van der Waals surface area contributed by atoms with Crippen molar-refractivity contribution in [2.45, 2.75) is 0 Å². The Hall–Kier alpha value is -2.30. The topological polar surface area (TPSA) is 74.5 Å². The maximum absolute atomic E-state index is 10.7. The zero-order valence-electron chi connectivity index (χ0n) is 8.84. The van der Waals surface area contributed by atoms with Crippen molar-refractivity contribution >= 4 is 23.1 Å². The highest BCUT2D eigenvalue weighted by molar-refractivity contribution is 5.99. The summed E-state index contributed by atoms with van der Waals surface area (Å²) in [5.41, 5.74) is 7.01. The van der Waals surface area contributed by atoms with E-state index in [1.807, 2.05) is 30.5 Å². The number of rotatable bonds is 2. The van der Waals surface area contributed by atoms with Crippen molar-refractivity contribution < 1.29 is 4.79 Å². The average molecular weight is 216 g/mol. The van der Waals surface area contributed by atoms with Crippen molar-refractivity contribution in [3.05, 3.63) is 36.0 Å². The molecule has 3 N–H and O–H groups in total. The van der Waals surface area contributed by atoms with Crippen LogP contribution in [0.1, 0.15) is 5.56 Å². The van der Waals surface area contributed by atoms with Gasteiger partial charge in [-0.2, -0.15) is 5.10 Å². The third-order valence-electron chi connectivity index (χ3n) is 2.31. The summed E-state index contributed by atoms with van der Waals surface area (Å²) >= 11 is 0. The Morgan fingerprint density at radius 1 is 1.50 bits per heavy atom. The number of primary amides is 1. The van der Waals surface area contributed by atoms with Gasteiger partial charge in [0.1, 0.15) is 0 Å². The predicted octanol–water partition coefficient (Wildman–Crippen LogP) is 1.51. The highest BCUT2D eigenvalue weighted by Gasteiger charge is 2.01. The van der Waals surface area contributed by atoms with Crippen molar-refractivity contribution in [3.63, 3.8) is 0 Å². The minimum atomic E-state index is -0.587. The normalized spacial score (nSPS) is 11.1. The highest BCUT2D eigenvalue weighted by Crippen LogP contribution is 2.15. The number of amides is 2. The van der Waals surface area contributed by atoms with E-state index in [2.05, 4.69) is 10.1 Å². The first kappa shape index (κ1) is 10.2. The van der Waals surface area contributed by atoms with Crippen LogP contribution in [0.25, 0.3) is 10.9 Å². The Morgan fingerprint density at radius 2 is 2.25 bits per heavy atom. The number of fused-ring (bicyclic) bond motifs is 1. The summed E-state index contributed by atoms with van der Waals surface area (Å²) in [7, 11) is 1.51. The van der Waals surface area contributed by atoms with Gasteiger partial charge >= 0.3 is 6.03 Å². The number of aromatic nitrogens is 1. The van der Waals surface area contributed by atoms with E-state index in [-0.39, 0.29) is 0 Å². The Kier molecular flexibility index (Phi) is 2.59. The van der Waals surface area contributed by atoms with Crippen LogP contribution in [0.5, 0.6) is 0 Å². The van der Waals surface area contributed by atoms with Crippen LogP contribution in [-0.2, 0) is 0 Å². The van der Waals surface area contributed by atoms with Gasteiger partial charge in [-0.15, -0.1) is 0 Å². The molecule has 1 heterocycles. The summed E-state index contributed by atoms with van der Waals surface area (Å²) in [4.78, 5) is 13.9. The van der Waals surface area contributed by atoms with Crippen LogP contribution < -0.4 is 5.73 Å². The molecule has 0 saturated heterocycles. The number of aromatic amines is 1. The van der Waals surface area contributed by atoms with Gasteiger partial charge in [-0.1, -0.05) is 18.2 Å². The van der Waals surface area contributed by atoms with E-state index in [0.29, 0.717) is 0 Å². The quantitative estimate of drug-likeness (QED) is 0.579. The van der Waals surface area contributed by atoms with Gasteiger partial charge < -0.3 is 10.7 Å². The molecule has 2 amide bonds. The number of para-hydroxylation sites is 1. The monoisotopic (exact) mass is 216 g/mol. The molecule has 5 heteroatoms. The molecule has 0 spiro atoms. The zero-order chi connectivity index (χ0) is 11.5. The van der Waals surface area contributed by atoms with Crippen molar-refractivity contribution in [2.75, 3.05) is 7.05 Å². The lowest BCUT2D eigenvalue weighted by Crippen LogP contribution is -2.27. The van der Waals surface area contributed by atoms with E-state index < -0.39 is 6.03 Å². The first-order valence-electron chi connectivity index (χ1n) is 4.82. The van der Waals surface area contributed by atoms with Crippen LogP contribution in [-0.4, -0.2) is 29.3 Å². The summed E-state index contributed by atoms with van der Waals surface area (Å²) in [6.07, 6.45) is 3.44. The van der Waals surface area contributed by atoms with Crippen LogP contribution in [0.4, 0.5) is 4.79 Å². The SMILES string of the molecule is CN(/N=C\c1c[nH]c2ccccc12)C(N)=O. The summed E-state index contributed by atoms with van der Waals surface area (Å²) in [6, 6.07) is 7.28. The van der Waals surface area contributed by atoms with E-state index in [4.69, 9.17) is 5.73 Å². The predicted molar refractivity (Wildman–Crippen MR) is 63.2 cm³/mol. The third-order valence-corrected chi connectivity index (χ3v) is 2.31. The number of nitrogens with zero attached hydrogens (tertiary/aromatic N) is 2. The average Bonchev–Trinajstić information content (AvgIpc) is 2.69. The summed E-state index contributed by atoms with van der Waals surface area (Å²) in [6.45, 7) is 0. The zero-order valence-corrected chi connectivity index (χ0v) is 8.84. The fourth-order valence-electron chi connectivity index (χ4n) is 1.41. The number of urea groups is 1. The second kappa shape index (κ2) is 4.06. The molecular formula is C11H12N4O. The fraction of sp³-hybridized carbons (Fsp3) is 0.0909. The summed E-state index contributed by atoms with van der Waals surface area (Å²) < 4.78 is 0. The van der Waals surface area contributed by atoms with E-state index in [9.17, 15) is 4.79 Å². The molecule has 16 heavy (non-hydrogen) atoms. The molecule has 0 radical (unpaired) electrons. The second-order valence-electron chi connectivity index (χ2n) is 3.40. The molecule has 0 saturated carbocycles. The molecule has 82 valence electrons. The maximum atomic E-state index is 10.7. The number of H-pyrrole nitrogens is 1. The highest BCUT2D eigenvalue weighted by atomic mass is 16.2. The molecule has 0 aliphatic heterocycles.